The van der Waals surface area contributed by atoms with Gasteiger partial charge >= 0.3 is 15.6 Å². The Labute approximate surface area is 216 Å². The van der Waals surface area contributed by atoms with E-state index in [0.717, 1.165) is 48.3 Å². The van der Waals surface area contributed by atoms with E-state index < -0.39 is 15.6 Å². The molecule has 0 bridgehead atoms. The predicted octanol–water partition coefficient (Wildman–Crippen LogP) is 7.78. The van der Waals surface area contributed by atoms with Gasteiger partial charge in [-0.2, -0.15) is 21.6 Å². The van der Waals surface area contributed by atoms with Gasteiger partial charge in [0.05, 0.1) is 6.10 Å². The summed E-state index contributed by atoms with van der Waals surface area (Å²) in [7, 11) is -5.84. The highest BCUT2D eigenvalue weighted by atomic mass is 32.2. The molecule has 2 N–H and O–H groups in total. The van der Waals surface area contributed by atoms with E-state index >= 15 is 0 Å². The molecule has 36 heavy (non-hydrogen) atoms. The molecule has 0 aromatic heterocycles. The number of hydrogen-bond acceptors (Lipinski definition) is 3. The number of rotatable bonds is 5. The Kier molecular flexibility index (Phi) is 9.05. The maximum absolute atomic E-state index is 10.7. The minimum Gasteiger partial charge on any atom is -0.393 e. The van der Waals surface area contributed by atoms with Gasteiger partial charge in [-0.1, -0.05) is 65.5 Å². The van der Waals surface area contributed by atoms with Gasteiger partial charge in [-0.3, -0.25) is 4.55 Å². The van der Waals surface area contributed by atoms with Crippen molar-refractivity contribution < 1.29 is 31.2 Å². The molecule has 8 heteroatoms. The molecule has 3 saturated carbocycles. The van der Waals surface area contributed by atoms with E-state index in [-0.39, 0.29) is 6.10 Å². The molecule has 0 amide bonds. The molecule has 4 aliphatic rings. The zero-order valence-corrected chi connectivity index (χ0v) is 23.5. The van der Waals surface area contributed by atoms with Crippen LogP contribution in [0.4, 0.5) is 13.2 Å². The third-order valence-electron chi connectivity index (χ3n) is 10.6. The average molecular weight is 537 g/mol. The Morgan fingerprint density at radius 3 is 2.25 bits per heavy atom. The van der Waals surface area contributed by atoms with Crippen molar-refractivity contribution >= 4 is 10.1 Å². The van der Waals surface area contributed by atoms with Gasteiger partial charge in [0.2, 0.25) is 0 Å². The van der Waals surface area contributed by atoms with Crippen molar-refractivity contribution in [2.75, 3.05) is 0 Å². The molecule has 0 radical (unpaired) electrons. The molecule has 3 fully saturated rings. The van der Waals surface area contributed by atoms with Crippen molar-refractivity contribution in [2.45, 2.75) is 117 Å². The third-order valence-corrected chi connectivity index (χ3v) is 11.2. The van der Waals surface area contributed by atoms with Crippen LogP contribution < -0.4 is 0 Å². The minimum absolute atomic E-state index is 0.0766. The Hall–Kier alpha value is -0.600. The predicted molar refractivity (Wildman–Crippen MR) is 137 cm³/mol. The van der Waals surface area contributed by atoms with Crippen LogP contribution in [0, 0.1) is 46.3 Å². The fraction of sp³-hybridized carbons (Fsp3) is 0.929. The van der Waals surface area contributed by atoms with Crippen LogP contribution >= 0.6 is 0 Å². The summed E-state index contributed by atoms with van der Waals surface area (Å²) in [5, 5.41) is 10.2. The quantitative estimate of drug-likeness (QED) is 0.214. The van der Waals surface area contributed by atoms with Crippen LogP contribution in [0.25, 0.3) is 0 Å². The van der Waals surface area contributed by atoms with Gasteiger partial charge in [0.25, 0.3) is 0 Å². The molecule has 4 nitrogen and oxygen atoms in total. The van der Waals surface area contributed by atoms with Crippen molar-refractivity contribution in [1.29, 1.82) is 0 Å². The molecule has 4 rings (SSSR count). The van der Waals surface area contributed by atoms with E-state index in [9.17, 15) is 18.3 Å². The SMILES string of the molecule is CC(C)CCC[C@@H](C)[C@H]1CC[C@H]2[C@@H]3CC=C4C[C@@H](O)CC[C@]4(C)[C@H]3CC[C@]12C.O=S(=O)(O)C(F)(F)F. The van der Waals surface area contributed by atoms with Crippen molar-refractivity contribution in [1.82, 2.24) is 0 Å². The maximum atomic E-state index is 10.7. The van der Waals surface area contributed by atoms with E-state index in [2.05, 4.69) is 40.7 Å². The molecule has 0 heterocycles. The summed E-state index contributed by atoms with van der Waals surface area (Å²) in [6.45, 7) is 12.6. The first-order chi connectivity index (χ1) is 16.5. The second-order valence-corrected chi connectivity index (χ2v) is 14.5. The fourth-order valence-corrected chi connectivity index (χ4v) is 8.67. The fourth-order valence-electron chi connectivity index (χ4n) is 8.67. The molecule has 0 aromatic carbocycles. The van der Waals surface area contributed by atoms with Crippen LogP contribution in [-0.2, 0) is 10.1 Å². The van der Waals surface area contributed by atoms with E-state index in [4.69, 9.17) is 13.0 Å². The second kappa shape index (κ2) is 10.9. The zero-order chi connectivity index (χ0) is 27.1. The standard InChI is InChI=1S/C27H46O.CHF3O3S/c1-18(2)7-6-8-19(3)23-11-12-24-22-10-9-20-17-21(28)13-15-26(20,4)25(22)14-16-27(23,24)5;2-1(3,4)8(5,6)7/h9,18-19,21-25,28H,6-8,10-17H2,1-5H3;(H,5,6,7)/t19-,21+,22+,23-,24+,25+,26+,27-;/m1./s1. The van der Waals surface area contributed by atoms with Crippen LogP contribution in [0.15, 0.2) is 11.6 Å². The Morgan fingerprint density at radius 2 is 1.67 bits per heavy atom. The summed E-state index contributed by atoms with van der Waals surface area (Å²) >= 11 is 0. The number of hydrogen-bond donors (Lipinski definition) is 2. The Morgan fingerprint density at radius 1 is 1.03 bits per heavy atom. The molecule has 0 spiro atoms. The number of aliphatic hydroxyl groups excluding tert-OH is 1. The van der Waals surface area contributed by atoms with Crippen molar-refractivity contribution in [3.8, 4) is 0 Å². The lowest BCUT2D eigenvalue weighted by Crippen LogP contribution is -2.50. The van der Waals surface area contributed by atoms with E-state index in [0.29, 0.717) is 10.8 Å². The number of aliphatic hydroxyl groups is 1. The highest BCUT2D eigenvalue weighted by Crippen LogP contribution is 2.67. The summed E-state index contributed by atoms with van der Waals surface area (Å²) < 4.78 is 57.5. The average Bonchev–Trinajstić information content (AvgIpc) is 3.10. The summed E-state index contributed by atoms with van der Waals surface area (Å²) in [4.78, 5) is 0. The molecular formula is C28H47F3O4S. The molecule has 0 saturated heterocycles. The number of alkyl halides is 3. The zero-order valence-electron chi connectivity index (χ0n) is 22.7. The van der Waals surface area contributed by atoms with Gasteiger partial charge in [0.15, 0.2) is 0 Å². The first kappa shape index (κ1) is 29.9. The maximum Gasteiger partial charge on any atom is 0.522 e. The lowest BCUT2D eigenvalue weighted by molar-refractivity contribution is -0.0573. The monoisotopic (exact) mass is 536 g/mol. The van der Waals surface area contributed by atoms with Crippen molar-refractivity contribution in [3.63, 3.8) is 0 Å². The van der Waals surface area contributed by atoms with Crippen LogP contribution in [0.5, 0.6) is 0 Å². The lowest BCUT2D eigenvalue weighted by atomic mass is 9.47. The molecule has 4 aliphatic carbocycles. The van der Waals surface area contributed by atoms with Crippen LogP contribution in [0.3, 0.4) is 0 Å². The molecule has 8 atom stereocenters. The largest absolute Gasteiger partial charge is 0.522 e. The molecule has 210 valence electrons. The van der Waals surface area contributed by atoms with Gasteiger partial charge < -0.3 is 5.11 Å². The minimum atomic E-state index is -5.84. The highest BCUT2D eigenvalue weighted by molar-refractivity contribution is 7.86. The number of fused-ring (bicyclic) bond motifs is 5. The summed E-state index contributed by atoms with van der Waals surface area (Å²) in [6.07, 6.45) is 17.2. The third kappa shape index (κ3) is 6.01. The summed E-state index contributed by atoms with van der Waals surface area (Å²) in [5.74, 6) is 5.46. The summed E-state index contributed by atoms with van der Waals surface area (Å²) in [6, 6.07) is 0. The van der Waals surface area contributed by atoms with E-state index in [1.165, 1.54) is 57.8 Å². The Balaban J connectivity index is 0.000000392. The first-order valence-corrected chi connectivity index (χ1v) is 15.4. The van der Waals surface area contributed by atoms with E-state index in [1.807, 2.05) is 0 Å². The van der Waals surface area contributed by atoms with Gasteiger partial charge in [0, 0.05) is 0 Å². The van der Waals surface area contributed by atoms with Gasteiger partial charge in [0.1, 0.15) is 0 Å². The molecule has 0 aromatic rings. The smallest absolute Gasteiger partial charge is 0.393 e. The Bertz CT molecular complexity index is 899. The summed E-state index contributed by atoms with van der Waals surface area (Å²) in [5.41, 5.74) is -2.93. The van der Waals surface area contributed by atoms with Crippen LogP contribution in [0.2, 0.25) is 0 Å². The van der Waals surface area contributed by atoms with Crippen molar-refractivity contribution in [3.05, 3.63) is 11.6 Å². The number of allylic oxidation sites excluding steroid dienone is 1. The topological polar surface area (TPSA) is 74.6 Å². The first-order valence-electron chi connectivity index (χ1n) is 13.9. The van der Waals surface area contributed by atoms with Crippen molar-refractivity contribution in [2.24, 2.45) is 46.3 Å². The van der Waals surface area contributed by atoms with Crippen LogP contribution in [0.1, 0.15) is 105 Å². The molecular weight excluding hydrogens is 489 g/mol. The van der Waals surface area contributed by atoms with Gasteiger partial charge in [-0.15, -0.1) is 0 Å². The van der Waals surface area contributed by atoms with E-state index in [1.54, 1.807) is 5.57 Å². The van der Waals surface area contributed by atoms with Crippen LogP contribution in [-0.4, -0.2) is 29.7 Å². The second-order valence-electron chi connectivity index (χ2n) is 13.1. The van der Waals surface area contributed by atoms with Gasteiger partial charge in [-0.05, 0) is 97.7 Å². The van der Waals surface area contributed by atoms with Gasteiger partial charge in [-0.25, -0.2) is 0 Å². The molecule has 0 aliphatic heterocycles. The highest BCUT2D eigenvalue weighted by Gasteiger charge is 2.59. The lowest BCUT2D eigenvalue weighted by Gasteiger charge is -2.58. The normalized spacial score (nSPS) is 39.3. The number of halogens is 3. The molecule has 0 unspecified atom stereocenters.